The van der Waals surface area contributed by atoms with Crippen molar-refractivity contribution in [3.8, 4) is 5.75 Å². The lowest BCUT2D eigenvalue weighted by Gasteiger charge is -2.10. The van der Waals surface area contributed by atoms with Crippen molar-refractivity contribution in [2.24, 2.45) is 0 Å². The van der Waals surface area contributed by atoms with Crippen molar-refractivity contribution >= 4 is 23.3 Å². The number of amides is 1. The fourth-order valence-electron chi connectivity index (χ4n) is 2.36. The molecule has 142 valence electrons. The van der Waals surface area contributed by atoms with Crippen LogP contribution >= 0.6 is 0 Å². The highest BCUT2D eigenvalue weighted by molar-refractivity contribution is 6.04. The summed E-state index contributed by atoms with van der Waals surface area (Å²) in [5.41, 5.74) is 1.95. The monoisotopic (exact) mass is 369 g/mol. The Morgan fingerprint density at radius 3 is 2.26 bits per heavy atom. The maximum atomic E-state index is 11.9. The van der Waals surface area contributed by atoms with E-state index in [1.54, 1.807) is 36.4 Å². The van der Waals surface area contributed by atoms with Crippen LogP contribution < -0.4 is 10.1 Å². The van der Waals surface area contributed by atoms with Gasteiger partial charge in [-0.15, -0.1) is 0 Å². The zero-order chi connectivity index (χ0) is 19.8. The molecule has 0 saturated heterocycles. The van der Waals surface area contributed by atoms with Crippen molar-refractivity contribution < 1.29 is 23.9 Å². The summed E-state index contributed by atoms with van der Waals surface area (Å²) in [6.07, 6.45) is 0. The first-order valence-corrected chi connectivity index (χ1v) is 8.65. The van der Waals surface area contributed by atoms with Gasteiger partial charge in [-0.2, -0.15) is 0 Å². The van der Waals surface area contributed by atoms with Crippen molar-refractivity contribution in [2.75, 3.05) is 18.5 Å². The molecule has 6 nitrogen and oxygen atoms in total. The van der Waals surface area contributed by atoms with Crippen LogP contribution in [-0.2, 0) is 14.3 Å². The quantitative estimate of drug-likeness (QED) is 0.568. The Kier molecular flexibility index (Phi) is 7.11. The third-order valence-electron chi connectivity index (χ3n) is 3.85. The number of rotatable bonds is 8. The van der Waals surface area contributed by atoms with Crippen molar-refractivity contribution in [1.82, 2.24) is 0 Å². The van der Waals surface area contributed by atoms with Crippen LogP contribution in [-0.4, -0.2) is 30.9 Å². The summed E-state index contributed by atoms with van der Waals surface area (Å²) in [4.78, 5) is 35.2. The van der Waals surface area contributed by atoms with Gasteiger partial charge >= 0.3 is 5.97 Å². The zero-order valence-electron chi connectivity index (χ0n) is 15.7. The maximum Gasteiger partial charge on any atom is 0.344 e. The van der Waals surface area contributed by atoms with Gasteiger partial charge in [-0.3, -0.25) is 9.59 Å². The fraction of sp³-hybridized carbons (Fsp3) is 0.286. The van der Waals surface area contributed by atoms with Gasteiger partial charge in [0.2, 0.25) is 0 Å². The molecule has 0 atom stereocenters. The minimum absolute atomic E-state index is 0.167. The summed E-state index contributed by atoms with van der Waals surface area (Å²) in [5, 5.41) is 2.56. The smallest absolute Gasteiger partial charge is 0.344 e. The van der Waals surface area contributed by atoms with Gasteiger partial charge in [0.1, 0.15) is 5.75 Å². The lowest BCUT2D eigenvalue weighted by molar-refractivity contribution is -0.149. The van der Waals surface area contributed by atoms with E-state index in [9.17, 15) is 14.4 Å². The standard InChI is InChI=1S/C21H23NO5/c1-14(2)16-8-10-17(11-9-16)26-13-21(25)27-12-20(24)22-19-7-5-4-6-18(19)15(3)23/h4-11,14H,12-13H2,1-3H3,(H,22,24). The Labute approximate surface area is 158 Å². The Balaban J connectivity index is 1.78. The molecule has 6 heteroatoms. The zero-order valence-corrected chi connectivity index (χ0v) is 15.7. The SMILES string of the molecule is CC(=O)c1ccccc1NC(=O)COC(=O)COc1ccc(C(C)C)cc1. The first kappa shape index (κ1) is 20.2. The largest absolute Gasteiger partial charge is 0.482 e. The number of hydrogen-bond acceptors (Lipinski definition) is 5. The number of para-hydroxylation sites is 1. The van der Waals surface area contributed by atoms with Gasteiger partial charge in [0.15, 0.2) is 19.0 Å². The number of esters is 1. The van der Waals surface area contributed by atoms with Crippen molar-refractivity contribution in [2.45, 2.75) is 26.7 Å². The molecular formula is C21H23NO5. The Bertz CT molecular complexity index is 812. The minimum Gasteiger partial charge on any atom is -0.482 e. The Morgan fingerprint density at radius 2 is 1.63 bits per heavy atom. The van der Waals surface area contributed by atoms with Gasteiger partial charge < -0.3 is 14.8 Å². The lowest BCUT2D eigenvalue weighted by Crippen LogP contribution is -2.24. The van der Waals surface area contributed by atoms with Crippen LogP contribution in [0.25, 0.3) is 0 Å². The predicted molar refractivity (Wildman–Crippen MR) is 102 cm³/mol. The van der Waals surface area contributed by atoms with E-state index in [-0.39, 0.29) is 12.4 Å². The molecule has 1 amide bonds. The van der Waals surface area contributed by atoms with Gasteiger partial charge in [0.25, 0.3) is 5.91 Å². The van der Waals surface area contributed by atoms with Crippen LogP contribution in [0.3, 0.4) is 0 Å². The van der Waals surface area contributed by atoms with Gasteiger partial charge in [-0.1, -0.05) is 38.1 Å². The average molecular weight is 369 g/mol. The first-order valence-electron chi connectivity index (χ1n) is 8.65. The molecule has 1 N–H and O–H groups in total. The summed E-state index contributed by atoms with van der Waals surface area (Å²) in [5.74, 6) is -0.386. The number of benzene rings is 2. The van der Waals surface area contributed by atoms with Crippen LogP contribution in [0.5, 0.6) is 5.75 Å². The van der Waals surface area contributed by atoms with E-state index in [0.717, 1.165) is 0 Å². The van der Waals surface area contributed by atoms with Crippen LogP contribution in [0.4, 0.5) is 5.69 Å². The highest BCUT2D eigenvalue weighted by atomic mass is 16.6. The van der Waals surface area contributed by atoms with Gasteiger partial charge in [0, 0.05) is 5.56 Å². The molecule has 0 heterocycles. The normalized spacial score (nSPS) is 10.4. The molecule has 0 aliphatic rings. The van der Waals surface area contributed by atoms with Crippen molar-refractivity contribution in [3.05, 3.63) is 59.7 Å². The maximum absolute atomic E-state index is 11.9. The summed E-state index contributed by atoms with van der Waals surface area (Å²) >= 11 is 0. The van der Waals surface area contributed by atoms with Gasteiger partial charge in [-0.25, -0.2) is 4.79 Å². The molecule has 0 aliphatic heterocycles. The second-order valence-electron chi connectivity index (χ2n) is 6.32. The molecule has 2 aromatic carbocycles. The van der Waals surface area contributed by atoms with E-state index in [0.29, 0.717) is 22.9 Å². The van der Waals surface area contributed by atoms with Crippen molar-refractivity contribution in [1.29, 1.82) is 0 Å². The van der Waals surface area contributed by atoms with Gasteiger partial charge in [0.05, 0.1) is 5.69 Å². The van der Waals surface area contributed by atoms with E-state index < -0.39 is 18.5 Å². The van der Waals surface area contributed by atoms with E-state index in [2.05, 4.69) is 19.2 Å². The van der Waals surface area contributed by atoms with E-state index in [1.807, 2.05) is 12.1 Å². The average Bonchev–Trinajstić information content (AvgIpc) is 2.65. The molecule has 0 saturated carbocycles. The molecule has 0 radical (unpaired) electrons. The number of ether oxygens (including phenoxy) is 2. The van der Waals surface area contributed by atoms with Crippen LogP contribution in [0.15, 0.2) is 48.5 Å². The predicted octanol–water partition coefficient (Wildman–Crippen LogP) is 3.57. The highest BCUT2D eigenvalue weighted by Gasteiger charge is 2.12. The number of Topliss-reactive ketones (excluding diaryl/α,β-unsaturated/α-hetero) is 1. The van der Waals surface area contributed by atoms with E-state index in [4.69, 9.17) is 9.47 Å². The van der Waals surface area contributed by atoms with Gasteiger partial charge in [-0.05, 0) is 42.7 Å². The van der Waals surface area contributed by atoms with Crippen LogP contribution in [0, 0.1) is 0 Å². The molecule has 0 bridgehead atoms. The van der Waals surface area contributed by atoms with Crippen molar-refractivity contribution in [3.63, 3.8) is 0 Å². The third kappa shape index (κ3) is 6.26. The molecule has 0 fully saturated rings. The molecule has 27 heavy (non-hydrogen) atoms. The minimum atomic E-state index is -0.655. The number of carbonyl (C=O) groups excluding carboxylic acids is 3. The van der Waals surface area contributed by atoms with Crippen LogP contribution in [0.1, 0.15) is 42.6 Å². The molecule has 0 aromatic heterocycles. The molecule has 0 spiro atoms. The molecule has 2 aromatic rings. The van der Waals surface area contributed by atoms with E-state index in [1.165, 1.54) is 12.5 Å². The Morgan fingerprint density at radius 1 is 0.963 bits per heavy atom. The fourth-order valence-corrected chi connectivity index (χ4v) is 2.36. The lowest BCUT2D eigenvalue weighted by atomic mass is 10.0. The second kappa shape index (κ2) is 9.52. The number of hydrogen-bond donors (Lipinski definition) is 1. The third-order valence-corrected chi connectivity index (χ3v) is 3.85. The first-order chi connectivity index (χ1) is 12.9. The number of carbonyl (C=O) groups is 3. The summed E-state index contributed by atoms with van der Waals surface area (Å²) in [6, 6.07) is 14.1. The molecule has 0 aliphatic carbocycles. The van der Waals surface area contributed by atoms with E-state index >= 15 is 0 Å². The summed E-state index contributed by atoms with van der Waals surface area (Å²) < 4.78 is 10.3. The topological polar surface area (TPSA) is 81.7 Å². The summed E-state index contributed by atoms with van der Waals surface area (Å²) in [6.45, 7) is 4.84. The number of ketones is 1. The second-order valence-corrected chi connectivity index (χ2v) is 6.32. The highest BCUT2D eigenvalue weighted by Crippen LogP contribution is 2.18. The van der Waals surface area contributed by atoms with Crippen LogP contribution in [0.2, 0.25) is 0 Å². The molecule has 2 rings (SSSR count). The Hall–Kier alpha value is -3.15. The molecule has 0 unspecified atom stereocenters. The number of nitrogens with one attached hydrogen (secondary N) is 1. The molecular weight excluding hydrogens is 346 g/mol. The number of anilines is 1. The summed E-state index contributed by atoms with van der Waals surface area (Å²) in [7, 11) is 0.